The number of hydrogen-bond acceptors (Lipinski definition) is 6. The van der Waals surface area contributed by atoms with Gasteiger partial charge in [-0.2, -0.15) is 10.4 Å². The topological polar surface area (TPSA) is 88.7 Å². The molecule has 0 saturated carbocycles. The summed E-state index contributed by atoms with van der Waals surface area (Å²) in [6.45, 7) is 3.94. The first kappa shape index (κ1) is 21.8. The van der Waals surface area contributed by atoms with E-state index in [4.69, 9.17) is 9.47 Å². The zero-order valence-corrected chi connectivity index (χ0v) is 18.1. The first-order valence-electron chi connectivity index (χ1n) is 10.4. The first-order chi connectivity index (χ1) is 16.0. The summed E-state index contributed by atoms with van der Waals surface area (Å²) in [5.41, 5.74) is 2.10. The Labute approximate surface area is 190 Å². The van der Waals surface area contributed by atoms with Crippen molar-refractivity contribution in [1.29, 1.82) is 5.26 Å². The smallest absolute Gasteiger partial charge is 0.340 e. The molecular formula is C25H21FN4O3. The van der Waals surface area contributed by atoms with Gasteiger partial charge < -0.3 is 14.8 Å². The molecule has 0 amide bonds. The van der Waals surface area contributed by atoms with Crippen LogP contribution in [0, 0.1) is 24.1 Å². The number of rotatable bonds is 7. The highest BCUT2D eigenvalue weighted by Crippen LogP contribution is 2.33. The number of aryl methyl sites for hydroxylation is 1. The van der Waals surface area contributed by atoms with Gasteiger partial charge in [-0.05, 0) is 43.2 Å². The number of carbonyl (C=O) groups excluding carboxylic acids is 1. The zero-order chi connectivity index (χ0) is 23.4. The molecule has 0 fully saturated rings. The molecular weight excluding hydrogens is 423 g/mol. The maximum absolute atomic E-state index is 14.9. The summed E-state index contributed by atoms with van der Waals surface area (Å²) in [7, 11) is 0. The van der Waals surface area contributed by atoms with Gasteiger partial charge in [0.15, 0.2) is 0 Å². The second-order valence-corrected chi connectivity index (χ2v) is 7.32. The lowest BCUT2D eigenvalue weighted by Crippen LogP contribution is -2.06. The van der Waals surface area contributed by atoms with Crippen LogP contribution >= 0.6 is 0 Å². The number of halogens is 1. The quantitative estimate of drug-likeness (QED) is 0.365. The number of para-hydroxylation sites is 1. The molecule has 4 rings (SSSR count). The van der Waals surface area contributed by atoms with Gasteiger partial charge in [0.1, 0.15) is 23.4 Å². The number of esters is 1. The summed E-state index contributed by atoms with van der Waals surface area (Å²) in [6, 6.07) is 15.5. The fourth-order valence-electron chi connectivity index (χ4n) is 3.40. The molecule has 0 radical (unpaired) electrons. The SMILES string of the molecule is CCCOC(=O)c1cn2ncc(C#N)c(Nc3ccc(Oc4ccccc4)cc3F)c2c1C. The Kier molecular flexibility index (Phi) is 6.22. The van der Waals surface area contributed by atoms with Crippen LogP contribution in [-0.2, 0) is 4.74 Å². The number of nitrogens with zero attached hydrogens (tertiary/aromatic N) is 3. The Bertz CT molecular complexity index is 1360. The average Bonchev–Trinajstić information content (AvgIpc) is 3.17. The monoisotopic (exact) mass is 444 g/mol. The van der Waals surface area contributed by atoms with Gasteiger partial charge >= 0.3 is 5.97 Å². The van der Waals surface area contributed by atoms with Gasteiger partial charge in [-0.25, -0.2) is 13.7 Å². The molecule has 4 aromatic rings. The Morgan fingerprint density at radius 2 is 2.00 bits per heavy atom. The van der Waals surface area contributed by atoms with Gasteiger partial charge in [-0.15, -0.1) is 0 Å². The third-order valence-electron chi connectivity index (χ3n) is 5.01. The van der Waals surface area contributed by atoms with Crippen LogP contribution in [0.2, 0.25) is 0 Å². The zero-order valence-electron chi connectivity index (χ0n) is 18.1. The van der Waals surface area contributed by atoms with E-state index in [0.29, 0.717) is 46.9 Å². The molecule has 0 unspecified atom stereocenters. The summed E-state index contributed by atoms with van der Waals surface area (Å²) in [5.74, 6) is -0.108. The Hall–Kier alpha value is -4.38. The Morgan fingerprint density at radius 3 is 2.70 bits per heavy atom. The molecule has 0 aliphatic rings. The van der Waals surface area contributed by atoms with Crippen molar-refractivity contribution in [3.05, 3.63) is 83.4 Å². The van der Waals surface area contributed by atoms with E-state index in [1.807, 2.05) is 25.1 Å². The standard InChI is InChI=1S/C25H21FN4O3/c1-3-11-32-25(31)20-15-30-24(16(20)2)23(17(13-27)14-28-30)29-22-10-9-19(12-21(22)26)33-18-7-5-4-6-8-18/h4-10,12,14-15,29H,3,11H2,1-2H3. The van der Waals surface area contributed by atoms with E-state index >= 15 is 0 Å². The van der Waals surface area contributed by atoms with Crippen molar-refractivity contribution in [2.75, 3.05) is 11.9 Å². The van der Waals surface area contributed by atoms with E-state index in [-0.39, 0.29) is 11.3 Å². The van der Waals surface area contributed by atoms with Crippen LogP contribution in [0.25, 0.3) is 5.52 Å². The van der Waals surface area contributed by atoms with Crippen LogP contribution in [0.1, 0.15) is 34.8 Å². The first-order valence-corrected chi connectivity index (χ1v) is 10.4. The summed E-state index contributed by atoms with van der Waals surface area (Å²) in [4.78, 5) is 12.4. The van der Waals surface area contributed by atoms with Crippen molar-refractivity contribution in [3.63, 3.8) is 0 Å². The third kappa shape index (κ3) is 4.48. The fraction of sp³-hybridized carbons (Fsp3) is 0.160. The number of ether oxygens (including phenoxy) is 2. The largest absolute Gasteiger partial charge is 0.462 e. The molecule has 0 bridgehead atoms. The molecule has 7 nitrogen and oxygen atoms in total. The lowest BCUT2D eigenvalue weighted by molar-refractivity contribution is 0.0504. The molecule has 2 aromatic heterocycles. The van der Waals surface area contributed by atoms with Gasteiger partial charge in [0.25, 0.3) is 0 Å². The number of anilines is 2. The molecule has 1 N–H and O–H groups in total. The molecule has 2 heterocycles. The number of aromatic nitrogens is 2. The maximum Gasteiger partial charge on any atom is 0.340 e. The minimum Gasteiger partial charge on any atom is -0.462 e. The van der Waals surface area contributed by atoms with Gasteiger partial charge in [0.2, 0.25) is 0 Å². The Morgan fingerprint density at radius 1 is 1.21 bits per heavy atom. The van der Waals surface area contributed by atoms with Crippen LogP contribution < -0.4 is 10.1 Å². The molecule has 0 aliphatic heterocycles. The number of fused-ring (bicyclic) bond motifs is 1. The van der Waals surface area contributed by atoms with E-state index in [0.717, 1.165) is 0 Å². The fourth-order valence-corrected chi connectivity index (χ4v) is 3.40. The van der Waals surface area contributed by atoms with Crippen molar-refractivity contribution in [2.24, 2.45) is 0 Å². The number of hydrogen-bond donors (Lipinski definition) is 1. The second-order valence-electron chi connectivity index (χ2n) is 7.32. The maximum atomic E-state index is 14.9. The highest BCUT2D eigenvalue weighted by Gasteiger charge is 2.21. The van der Waals surface area contributed by atoms with E-state index in [9.17, 15) is 14.4 Å². The molecule has 0 spiro atoms. The normalized spacial score (nSPS) is 10.6. The van der Waals surface area contributed by atoms with E-state index in [1.54, 1.807) is 31.3 Å². The number of nitriles is 1. The summed E-state index contributed by atoms with van der Waals surface area (Å²) in [6.07, 6.45) is 3.61. The minimum absolute atomic E-state index is 0.149. The second kappa shape index (κ2) is 9.40. The van der Waals surface area contributed by atoms with E-state index in [1.165, 1.54) is 22.8 Å². The van der Waals surface area contributed by atoms with Gasteiger partial charge in [0, 0.05) is 12.3 Å². The molecule has 0 saturated heterocycles. The summed E-state index contributed by atoms with van der Waals surface area (Å²) < 4.78 is 27.3. The van der Waals surface area contributed by atoms with E-state index < -0.39 is 11.8 Å². The molecule has 0 atom stereocenters. The summed E-state index contributed by atoms with van der Waals surface area (Å²) >= 11 is 0. The van der Waals surface area contributed by atoms with Gasteiger partial charge in [-0.3, -0.25) is 0 Å². The lowest BCUT2D eigenvalue weighted by atomic mass is 10.1. The number of benzene rings is 2. The van der Waals surface area contributed by atoms with Gasteiger partial charge in [0.05, 0.1) is 40.8 Å². The highest BCUT2D eigenvalue weighted by molar-refractivity contribution is 5.97. The average molecular weight is 444 g/mol. The molecule has 8 heteroatoms. The minimum atomic E-state index is -0.561. The van der Waals surface area contributed by atoms with Crippen LogP contribution in [0.15, 0.2) is 60.9 Å². The van der Waals surface area contributed by atoms with Crippen molar-refractivity contribution in [2.45, 2.75) is 20.3 Å². The predicted octanol–water partition coefficient (Wildman–Crippen LogP) is 5.76. The highest BCUT2D eigenvalue weighted by atomic mass is 19.1. The van der Waals surface area contributed by atoms with Crippen molar-refractivity contribution >= 4 is 22.9 Å². The Balaban J connectivity index is 1.70. The van der Waals surface area contributed by atoms with E-state index in [2.05, 4.69) is 16.5 Å². The van der Waals surface area contributed by atoms with Crippen LogP contribution in [0.4, 0.5) is 15.8 Å². The molecule has 166 valence electrons. The predicted molar refractivity (Wildman–Crippen MR) is 121 cm³/mol. The molecule has 0 aliphatic carbocycles. The summed E-state index contributed by atoms with van der Waals surface area (Å²) in [5, 5.41) is 16.8. The third-order valence-corrected chi connectivity index (χ3v) is 5.01. The number of nitrogens with one attached hydrogen (secondary N) is 1. The van der Waals surface area contributed by atoms with Crippen molar-refractivity contribution in [1.82, 2.24) is 9.61 Å². The van der Waals surface area contributed by atoms with Crippen LogP contribution in [0.3, 0.4) is 0 Å². The van der Waals surface area contributed by atoms with Crippen LogP contribution in [0.5, 0.6) is 11.5 Å². The van der Waals surface area contributed by atoms with Gasteiger partial charge in [-0.1, -0.05) is 25.1 Å². The molecule has 2 aromatic carbocycles. The lowest BCUT2D eigenvalue weighted by Gasteiger charge is -2.13. The number of carbonyl (C=O) groups is 1. The molecule has 33 heavy (non-hydrogen) atoms. The van der Waals surface area contributed by atoms with Crippen LogP contribution in [-0.4, -0.2) is 22.2 Å². The van der Waals surface area contributed by atoms with Crippen molar-refractivity contribution < 1.29 is 18.7 Å². The van der Waals surface area contributed by atoms with Crippen molar-refractivity contribution in [3.8, 4) is 17.6 Å².